The molecule has 276 valence electrons. The van der Waals surface area contributed by atoms with Gasteiger partial charge in [-0.2, -0.15) is 0 Å². The van der Waals surface area contributed by atoms with Crippen molar-refractivity contribution in [1.29, 1.82) is 0 Å². The number of hydrogen-bond donors (Lipinski definition) is 0. The Balaban J connectivity index is 1.18. The first-order chi connectivity index (χ1) is 28.4. The van der Waals surface area contributed by atoms with Crippen molar-refractivity contribution in [3.63, 3.8) is 0 Å². The molecule has 9 aromatic rings. The van der Waals surface area contributed by atoms with Crippen LogP contribution in [0.15, 0.2) is 200 Å². The molecule has 0 saturated carbocycles. The summed E-state index contributed by atoms with van der Waals surface area (Å²) in [5.41, 5.74) is 21.7. The fourth-order valence-electron chi connectivity index (χ4n) is 10.7. The van der Waals surface area contributed by atoms with Crippen LogP contribution in [0.4, 0.5) is 0 Å². The third-order valence-corrected chi connectivity index (χ3v) is 13.4. The van der Waals surface area contributed by atoms with Crippen LogP contribution in [0.5, 0.6) is 0 Å². The largest absolute Gasteiger partial charge is 0.0713 e. The molecule has 1 atom stereocenters. The SMILES string of the molecule is Cc1ccc(-c2ccc3c(c2)C(c2ccccc2)(c2ccccc2)c2cccc(CC4(C)c5ccccc5-c5c4cc(-c4ccc(C)cc4)c4ccccc54)c2-3)cc1. The van der Waals surface area contributed by atoms with Gasteiger partial charge in [-0.1, -0.05) is 206 Å². The number of hydrogen-bond acceptors (Lipinski definition) is 0. The summed E-state index contributed by atoms with van der Waals surface area (Å²) in [6, 6.07) is 75.6. The molecule has 1 unspecified atom stereocenters. The second-order valence-electron chi connectivity index (χ2n) is 16.8. The number of aryl methyl sites for hydroxylation is 2. The van der Waals surface area contributed by atoms with Crippen LogP contribution in [0.2, 0.25) is 0 Å². The highest BCUT2D eigenvalue weighted by atomic mass is 14.5. The van der Waals surface area contributed by atoms with E-state index >= 15 is 0 Å². The quantitative estimate of drug-likeness (QED) is 0.159. The van der Waals surface area contributed by atoms with E-state index in [0.29, 0.717) is 0 Å². The highest BCUT2D eigenvalue weighted by molar-refractivity contribution is 6.09. The number of benzene rings is 9. The zero-order valence-electron chi connectivity index (χ0n) is 33.3. The van der Waals surface area contributed by atoms with E-state index in [2.05, 4.69) is 221 Å². The molecule has 0 heteroatoms. The van der Waals surface area contributed by atoms with Crippen LogP contribution in [0.3, 0.4) is 0 Å². The molecule has 2 aliphatic rings. The summed E-state index contributed by atoms with van der Waals surface area (Å²) in [6.07, 6.45) is 0.866. The summed E-state index contributed by atoms with van der Waals surface area (Å²) in [5.74, 6) is 0. The molecule has 0 heterocycles. The van der Waals surface area contributed by atoms with Gasteiger partial charge in [0.1, 0.15) is 0 Å². The van der Waals surface area contributed by atoms with E-state index < -0.39 is 5.41 Å². The maximum absolute atomic E-state index is 2.53. The van der Waals surface area contributed by atoms with Crippen molar-refractivity contribution in [1.82, 2.24) is 0 Å². The monoisotopic (exact) mass is 740 g/mol. The molecule has 0 saturated heterocycles. The third kappa shape index (κ3) is 5.01. The molecule has 0 spiro atoms. The van der Waals surface area contributed by atoms with Gasteiger partial charge in [0.2, 0.25) is 0 Å². The topological polar surface area (TPSA) is 0 Å². The fraction of sp³-hybridized carbons (Fsp3) is 0.103. The van der Waals surface area contributed by atoms with Crippen LogP contribution in [0.25, 0.3) is 55.3 Å². The molecular formula is C58H44. The molecule has 0 radical (unpaired) electrons. The fourth-order valence-corrected chi connectivity index (χ4v) is 10.7. The molecular weight excluding hydrogens is 697 g/mol. The lowest BCUT2D eigenvalue weighted by molar-refractivity contribution is 0.584. The standard InChI is InChI=1S/C58H44/c1-38-25-29-40(30-26-38)42-33-34-49-53(35-42)58(44-16-6-4-7-17-44,45-18-8-5-9-19-45)52-24-14-15-43(55(49)52)37-57(3)51-23-13-12-22-48(51)56-47-21-11-10-20-46(47)50(36-54(56)57)41-31-27-39(2)28-32-41/h4-36H,37H2,1-3H3. The summed E-state index contributed by atoms with van der Waals surface area (Å²) >= 11 is 0. The Bertz CT molecular complexity index is 2980. The van der Waals surface area contributed by atoms with Crippen molar-refractivity contribution >= 4 is 10.8 Å². The van der Waals surface area contributed by atoms with Crippen molar-refractivity contribution in [2.75, 3.05) is 0 Å². The summed E-state index contributed by atoms with van der Waals surface area (Å²) in [5, 5.41) is 2.63. The van der Waals surface area contributed by atoms with Crippen LogP contribution in [0, 0.1) is 13.8 Å². The van der Waals surface area contributed by atoms with Crippen molar-refractivity contribution in [2.45, 2.75) is 38.0 Å². The van der Waals surface area contributed by atoms with Crippen molar-refractivity contribution in [3.05, 3.63) is 250 Å². The van der Waals surface area contributed by atoms with Gasteiger partial charge in [0.15, 0.2) is 0 Å². The Labute approximate surface area is 342 Å². The zero-order chi connectivity index (χ0) is 39.0. The molecule has 0 fully saturated rings. The van der Waals surface area contributed by atoms with Gasteiger partial charge in [0.25, 0.3) is 0 Å². The van der Waals surface area contributed by atoms with E-state index in [1.54, 1.807) is 0 Å². The van der Waals surface area contributed by atoms with Crippen LogP contribution < -0.4 is 0 Å². The maximum Gasteiger partial charge on any atom is 0.0713 e. The number of rotatable bonds is 6. The van der Waals surface area contributed by atoms with Gasteiger partial charge in [0.05, 0.1) is 5.41 Å². The minimum Gasteiger partial charge on any atom is -0.0622 e. The lowest BCUT2D eigenvalue weighted by Crippen LogP contribution is -2.29. The average Bonchev–Trinajstić information content (AvgIpc) is 3.71. The van der Waals surface area contributed by atoms with Gasteiger partial charge >= 0.3 is 0 Å². The van der Waals surface area contributed by atoms with Crippen molar-refractivity contribution in [3.8, 4) is 44.5 Å². The molecule has 11 rings (SSSR count). The van der Waals surface area contributed by atoms with E-state index in [1.807, 2.05) is 0 Å². The second-order valence-corrected chi connectivity index (χ2v) is 16.8. The van der Waals surface area contributed by atoms with Crippen LogP contribution >= 0.6 is 0 Å². The van der Waals surface area contributed by atoms with Gasteiger partial charge in [0, 0.05) is 5.41 Å². The molecule has 0 amide bonds. The Morgan fingerprint density at radius 1 is 0.362 bits per heavy atom. The smallest absolute Gasteiger partial charge is 0.0622 e. The summed E-state index contributed by atoms with van der Waals surface area (Å²) in [6.45, 7) is 6.83. The predicted molar refractivity (Wildman–Crippen MR) is 244 cm³/mol. The molecule has 0 bridgehead atoms. The third-order valence-electron chi connectivity index (χ3n) is 13.4. The first kappa shape index (κ1) is 34.5. The zero-order valence-corrected chi connectivity index (χ0v) is 33.3. The molecule has 0 nitrogen and oxygen atoms in total. The molecule has 2 aliphatic carbocycles. The van der Waals surface area contributed by atoms with Crippen molar-refractivity contribution in [2.24, 2.45) is 0 Å². The summed E-state index contributed by atoms with van der Waals surface area (Å²) in [4.78, 5) is 0. The normalized spacial score (nSPS) is 15.8. The first-order valence-electron chi connectivity index (χ1n) is 20.6. The Morgan fingerprint density at radius 2 is 0.914 bits per heavy atom. The Hall–Kier alpha value is -6.76. The van der Waals surface area contributed by atoms with Crippen LogP contribution in [-0.2, 0) is 17.3 Å². The second kappa shape index (κ2) is 13.2. The predicted octanol–water partition coefficient (Wildman–Crippen LogP) is 14.7. The Morgan fingerprint density at radius 3 is 1.60 bits per heavy atom. The van der Waals surface area contributed by atoms with E-state index in [-0.39, 0.29) is 5.41 Å². The van der Waals surface area contributed by atoms with Gasteiger partial charge in [-0.25, -0.2) is 0 Å². The summed E-state index contributed by atoms with van der Waals surface area (Å²) < 4.78 is 0. The van der Waals surface area contributed by atoms with Crippen LogP contribution in [0.1, 0.15) is 57.0 Å². The lowest BCUT2D eigenvalue weighted by atomic mass is 9.67. The van der Waals surface area contributed by atoms with E-state index in [1.165, 1.54) is 105 Å². The van der Waals surface area contributed by atoms with Gasteiger partial charge in [-0.15, -0.1) is 0 Å². The van der Waals surface area contributed by atoms with E-state index in [9.17, 15) is 0 Å². The average molecular weight is 741 g/mol. The highest BCUT2D eigenvalue weighted by Gasteiger charge is 2.48. The minimum atomic E-state index is -0.495. The molecule has 58 heavy (non-hydrogen) atoms. The number of fused-ring (bicyclic) bond motifs is 8. The van der Waals surface area contributed by atoms with E-state index in [0.717, 1.165) is 6.42 Å². The van der Waals surface area contributed by atoms with Gasteiger partial charge in [-0.05, 0) is 127 Å². The molecule has 0 aliphatic heterocycles. The van der Waals surface area contributed by atoms with Gasteiger partial charge in [-0.3, -0.25) is 0 Å². The Kier molecular flexibility index (Phi) is 7.82. The molecule has 9 aromatic carbocycles. The van der Waals surface area contributed by atoms with E-state index in [4.69, 9.17) is 0 Å². The molecule has 0 N–H and O–H groups in total. The van der Waals surface area contributed by atoms with Crippen molar-refractivity contribution < 1.29 is 0 Å². The van der Waals surface area contributed by atoms with Gasteiger partial charge < -0.3 is 0 Å². The van der Waals surface area contributed by atoms with Crippen LogP contribution in [-0.4, -0.2) is 0 Å². The lowest BCUT2D eigenvalue weighted by Gasteiger charge is -2.34. The first-order valence-corrected chi connectivity index (χ1v) is 20.6. The minimum absolute atomic E-state index is 0.280. The highest BCUT2D eigenvalue weighted by Crippen LogP contribution is 2.60. The molecule has 0 aromatic heterocycles. The summed E-state index contributed by atoms with van der Waals surface area (Å²) in [7, 11) is 0. The maximum atomic E-state index is 2.53.